The minimum atomic E-state index is -0.186. The van der Waals surface area contributed by atoms with Gasteiger partial charge in [-0.15, -0.1) is 0 Å². The van der Waals surface area contributed by atoms with Crippen LogP contribution in [0.25, 0.3) is 0 Å². The Morgan fingerprint density at radius 1 is 1.14 bits per heavy atom. The molecule has 0 unspecified atom stereocenters. The van der Waals surface area contributed by atoms with Gasteiger partial charge in [-0.3, -0.25) is 4.79 Å². The highest BCUT2D eigenvalue weighted by Crippen LogP contribution is 2.06. The topological polar surface area (TPSA) is 70.2 Å². The molecule has 3 N–H and O–H groups in total. The largest absolute Gasteiger partial charge is 0.355 e. The highest BCUT2D eigenvalue weighted by molar-refractivity contribution is 7.07. The Balaban J connectivity index is 1.73. The number of rotatable bonds is 6. The van der Waals surface area contributed by atoms with Crippen molar-refractivity contribution in [1.82, 2.24) is 16.0 Å². The molecule has 0 spiro atoms. The summed E-state index contributed by atoms with van der Waals surface area (Å²) in [5, 5.41) is 12.2. The fourth-order valence-electron chi connectivity index (χ4n) is 1.97. The van der Waals surface area contributed by atoms with E-state index in [2.05, 4.69) is 16.0 Å². The Labute approximate surface area is 133 Å². The molecule has 1 aromatic carbocycles. The molecule has 0 aliphatic rings. The van der Waals surface area contributed by atoms with Crippen molar-refractivity contribution < 1.29 is 9.59 Å². The van der Waals surface area contributed by atoms with Gasteiger partial charge in [-0.1, -0.05) is 12.1 Å². The van der Waals surface area contributed by atoms with Crippen LogP contribution in [0.2, 0.25) is 0 Å². The van der Waals surface area contributed by atoms with E-state index in [0.29, 0.717) is 25.1 Å². The van der Waals surface area contributed by atoms with Crippen LogP contribution in [0, 0.1) is 0 Å². The number of hydrogen-bond acceptors (Lipinski definition) is 3. The molecular weight excluding hydrogens is 298 g/mol. The predicted octanol–water partition coefficient (Wildman–Crippen LogP) is 2.15. The summed E-state index contributed by atoms with van der Waals surface area (Å²) in [5.74, 6) is -0.108. The minimum Gasteiger partial charge on any atom is -0.355 e. The molecule has 1 heterocycles. The molecule has 22 heavy (non-hydrogen) atoms. The molecule has 0 bridgehead atoms. The molecule has 6 heteroatoms. The second kappa shape index (κ2) is 8.19. The standard InChI is InChI=1S/C16H19N3O2S/c1-17-15(20)14-4-2-3-12(9-14)5-7-18-16(21)19-10-13-6-8-22-11-13/h2-4,6,8-9,11H,5,7,10H2,1H3,(H,17,20)(H2,18,19,21). The quantitative estimate of drug-likeness (QED) is 0.764. The Hall–Kier alpha value is -2.34. The van der Waals surface area contributed by atoms with E-state index in [1.165, 1.54) is 0 Å². The summed E-state index contributed by atoms with van der Waals surface area (Å²) in [6, 6.07) is 9.18. The van der Waals surface area contributed by atoms with Crippen LogP contribution >= 0.6 is 11.3 Å². The van der Waals surface area contributed by atoms with Crippen molar-refractivity contribution in [2.45, 2.75) is 13.0 Å². The molecule has 0 fully saturated rings. The maximum absolute atomic E-state index is 11.7. The van der Waals surface area contributed by atoms with Crippen LogP contribution in [-0.4, -0.2) is 25.5 Å². The number of urea groups is 1. The zero-order chi connectivity index (χ0) is 15.8. The summed E-state index contributed by atoms with van der Waals surface area (Å²) < 4.78 is 0. The van der Waals surface area contributed by atoms with E-state index in [4.69, 9.17) is 0 Å². The second-order valence-corrected chi connectivity index (χ2v) is 5.55. The maximum Gasteiger partial charge on any atom is 0.315 e. The molecule has 2 aromatic rings. The SMILES string of the molecule is CNC(=O)c1cccc(CCNC(=O)NCc2ccsc2)c1. The van der Waals surface area contributed by atoms with E-state index in [9.17, 15) is 9.59 Å². The lowest BCUT2D eigenvalue weighted by atomic mass is 10.1. The van der Waals surface area contributed by atoms with E-state index < -0.39 is 0 Å². The lowest BCUT2D eigenvalue weighted by Crippen LogP contribution is -2.36. The number of amides is 3. The maximum atomic E-state index is 11.7. The first-order valence-corrected chi connectivity index (χ1v) is 7.97. The molecule has 0 aliphatic heterocycles. The van der Waals surface area contributed by atoms with Gasteiger partial charge < -0.3 is 16.0 Å². The van der Waals surface area contributed by atoms with Crippen LogP contribution in [0.5, 0.6) is 0 Å². The lowest BCUT2D eigenvalue weighted by Gasteiger charge is -2.08. The summed E-state index contributed by atoms with van der Waals surface area (Å²) >= 11 is 1.61. The van der Waals surface area contributed by atoms with Crippen molar-refractivity contribution >= 4 is 23.3 Å². The van der Waals surface area contributed by atoms with Gasteiger partial charge in [0, 0.05) is 25.7 Å². The number of nitrogens with one attached hydrogen (secondary N) is 3. The Bertz CT molecular complexity index is 626. The van der Waals surface area contributed by atoms with Crippen molar-refractivity contribution in [3.05, 3.63) is 57.8 Å². The Morgan fingerprint density at radius 2 is 2.00 bits per heavy atom. The molecular formula is C16H19N3O2S. The van der Waals surface area contributed by atoms with Crippen LogP contribution < -0.4 is 16.0 Å². The van der Waals surface area contributed by atoms with Gasteiger partial charge in [0.2, 0.25) is 0 Å². The van der Waals surface area contributed by atoms with Gasteiger partial charge >= 0.3 is 6.03 Å². The van der Waals surface area contributed by atoms with Crippen molar-refractivity contribution in [1.29, 1.82) is 0 Å². The molecule has 3 amide bonds. The number of carbonyl (C=O) groups excluding carboxylic acids is 2. The lowest BCUT2D eigenvalue weighted by molar-refractivity contribution is 0.0963. The first-order chi connectivity index (χ1) is 10.7. The third kappa shape index (κ3) is 4.89. The molecule has 0 aliphatic carbocycles. The Morgan fingerprint density at radius 3 is 2.73 bits per heavy atom. The summed E-state index contributed by atoms with van der Waals surface area (Å²) in [4.78, 5) is 23.2. The van der Waals surface area contributed by atoms with E-state index in [-0.39, 0.29) is 11.9 Å². The first kappa shape index (κ1) is 16.0. The highest BCUT2D eigenvalue weighted by atomic mass is 32.1. The van der Waals surface area contributed by atoms with Crippen LogP contribution in [0.3, 0.4) is 0 Å². The zero-order valence-electron chi connectivity index (χ0n) is 12.4. The van der Waals surface area contributed by atoms with Crippen LogP contribution in [0.4, 0.5) is 4.79 Å². The summed E-state index contributed by atoms with van der Waals surface area (Å²) in [6.07, 6.45) is 0.677. The summed E-state index contributed by atoms with van der Waals surface area (Å²) in [7, 11) is 1.61. The van der Waals surface area contributed by atoms with Crippen molar-refractivity contribution in [2.75, 3.05) is 13.6 Å². The minimum absolute atomic E-state index is 0.108. The molecule has 2 rings (SSSR count). The number of hydrogen-bond donors (Lipinski definition) is 3. The van der Waals surface area contributed by atoms with Gasteiger partial charge in [0.15, 0.2) is 0 Å². The van der Waals surface area contributed by atoms with Crippen LogP contribution in [0.15, 0.2) is 41.1 Å². The number of thiophene rings is 1. The molecule has 0 saturated heterocycles. The second-order valence-electron chi connectivity index (χ2n) is 4.77. The molecule has 5 nitrogen and oxygen atoms in total. The van der Waals surface area contributed by atoms with Crippen molar-refractivity contribution in [3.63, 3.8) is 0 Å². The van der Waals surface area contributed by atoms with E-state index in [0.717, 1.165) is 11.1 Å². The summed E-state index contributed by atoms with van der Waals surface area (Å²) in [6.45, 7) is 1.05. The fourth-order valence-corrected chi connectivity index (χ4v) is 2.64. The zero-order valence-corrected chi connectivity index (χ0v) is 13.2. The van der Waals surface area contributed by atoms with Gasteiger partial charge in [-0.2, -0.15) is 11.3 Å². The first-order valence-electron chi connectivity index (χ1n) is 7.03. The highest BCUT2D eigenvalue weighted by Gasteiger charge is 2.04. The van der Waals surface area contributed by atoms with Crippen molar-refractivity contribution in [3.8, 4) is 0 Å². The van der Waals surface area contributed by atoms with E-state index in [1.54, 1.807) is 24.5 Å². The van der Waals surface area contributed by atoms with E-state index in [1.807, 2.05) is 35.0 Å². The van der Waals surface area contributed by atoms with Gasteiger partial charge in [0.25, 0.3) is 5.91 Å². The third-order valence-corrected chi connectivity index (χ3v) is 3.88. The van der Waals surface area contributed by atoms with E-state index >= 15 is 0 Å². The average Bonchev–Trinajstić information content (AvgIpc) is 3.06. The smallest absolute Gasteiger partial charge is 0.315 e. The fraction of sp³-hybridized carbons (Fsp3) is 0.250. The van der Waals surface area contributed by atoms with Gasteiger partial charge in [0.05, 0.1) is 0 Å². The van der Waals surface area contributed by atoms with Gasteiger partial charge in [-0.05, 0) is 46.5 Å². The monoisotopic (exact) mass is 317 g/mol. The predicted molar refractivity (Wildman–Crippen MR) is 88.1 cm³/mol. The normalized spacial score (nSPS) is 10.0. The molecule has 0 saturated carbocycles. The molecule has 0 radical (unpaired) electrons. The third-order valence-electron chi connectivity index (χ3n) is 3.15. The van der Waals surface area contributed by atoms with Gasteiger partial charge in [-0.25, -0.2) is 4.79 Å². The number of carbonyl (C=O) groups is 2. The number of benzene rings is 1. The van der Waals surface area contributed by atoms with Crippen LogP contribution in [0.1, 0.15) is 21.5 Å². The molecule has 1 aromatic heterocycles. The molecule has 116 valence electrons. The Kier molecular flexibility index (Phi) is 5.97. The van der Waals surface area contributed by atoms with Crippen molar-refractivity contribution in [2.24, 2.45) is 0 Å². The van der Waals surface area contributed by atoms with Gasteiger partial charge in [0.1, 0.15) is 0 Å². The molecule has 0 atom stereocenters. The average molecular weight is 317 g/mol. The summed E-state index contributed by atoms with van der Waals surface area (Å²) in [5.41, 5.74) is 2.74. The van der Waals surface area contributed by atoms with Crippen LogP contribution in [-0.2, 0) is 13.0 Å².